The first-order valence-electron chi connectivity index (χ1n) is 6.78. The van der Waals surface area contributed by atoms with Gasteiger partial charge in [0.15, 0.2) is 9.84 Å². The van der Waals surface area contributed by atoms with Gasteiger partial charge in [-0.05, 0) is 25.7 Å². The van der Waals surface area contributed by atoms with Gasteiger partial charge >= 0.3 is 0 Å². The van der Waals surface area contributed by atoms with E-state index in [1.807, 2.05) is 64.2 Å². The Hall–Kier alpha value is -1.09. The molecule has 4 unspecified atom stereocenters. The molecule has 0 aliphatic heterocycles. The molecule has 0 saturated heterocycles. The van der Waals surface area contributed by atoms with E-state index >= 15 is 0 Å². The third kappa shape index (κ3) is 2.48. The fourth-order valence-electron chi connectivity index (χ4n) is 2.76. The molecule has 0 aromatic carbocycles. The lowest BCUT2D eigenvalue weighted by molar-refractivity contribution is 0.540. The van der Waals surface area contributed by atoms with Crippen molar-refractivity contribution in [2.24, 2.45) is 11.8 Å². The highest BCUT2D eigenvalue weighted by atomic mass is 32.2. The van der Waals surface area contributed by atoms with E-state index < -0.39 is 20.3 Å². The van der Waals surface area contributed by atoms with Crippen LogP contribution in [-0.2, 0) is 9.84 Å². The molecule has 0 saturated carbocycles. The predicted molar refractivity (Wildman–Crippen MR) is 80.6 cm³/mol. The summed E-state index contributed by atoms with van der Waals surface area (Å²) in [5.74, 6) is 0.114. The second-order valence-corrected chi connectivity index (χ2v) is 7.95. The average molecular weight is 278 g/mol. The third-order valence-electron chi connectivity index (χ3n) is 4.50. The highest BCUT2D eigenvalue weighted by molar-refractivity contribution is 7.93. The van der Waals surface area contributed by atoms with E-state index in [0.29, 0.717) is 0 Å². The molecule has 19 heavy (non-hydrogen) atoms. The quantitative estimate of drug-likeness (QED) is 0.775. The first kappa shape index (κ1) is 14.3. The standard InChI is InChI=1S/C16H22O2S/c1-11-7-5-9-15(13(11)3)19(17,18)16-10-6-8-12(2)14(16)4/h5-10,13-16H,1-4H3. The van der Waals surface area contributed by atoms with Gasteiger partial charge in [-0.25, -0.2) is 8.42 Å². The Morgan fingerprint density at radius 1 is 0.842 bits per heavy atom. The minimum absolute atomic E-state index is 0.0572. The van der Waals surface area contributed by atoms with Crippen LogP contribution in [-0.4, -0.2) is 18.9 Å². The summed E-state index contributed by atoms with van der Waals surface area (Å²) in [6.45, 7) is 8.00. The molecular formula is C16H22O2S. The summed E-state index contributed by atoms with van der Waals surface area (Å²) in [6, 6.07) is 0. The molecule has 0 radical (unpaired) electrons. The van der Waals surface area contributed by atoms with Gasteiger partial charge in [0, 0.05) is 0 Å². The smallest absolute Gasteiger partial charge is 0.164 e. The van der Waals surface area contributed by atoms with Crippen LogP contribution in [0.5, 0.6) is 0 Å². The van der Waals surface area contributed by atoms with Gasteiger partial charge in [0.2, 0.25) is 0 Å². The van der Waals surface area contributed by atoms with Crippen LogP contribution in [0.4, 0.5) is 0 Å². The van der Waals surface area contributed by atoms with Gasteiger partial charge in [-0.1, -0.05) is 61.4 Å². The van der Waals surface area contributed by atoms with Gasteiger partial charge in [0.1, 0.15) is 0 Å². The largest absolute Gasteiger partial charge is 0.228 e. The maximum Gasteiger partial charge on any atom is 0.164 e. The maximum absolute atomic E-state index is 12.9. The van der Waals surface area contributed by atoms with Crippen LogP contribution in [0, 0.1) is 11.8 Å². The minimum Gasteiger partial charge on any atom is -0.228 e. The molecule has 0 aromatic heterocycles. The lowest BCUT2D eigenvalue weighted by Crippen LogP contribution is -2.39. The fourth-order valence-corrected chi connectivity index (χ4v) is 5.31. The van der Waals surface area contributed by atoms with Crippen LogP contribution in [0.2, 0.25) is 0 Å². The summed E-state index contributed by atoms with van der Waals surface area (Å²) in [6.07, 6.45) is 11.4. The topological polar surface area (TPSA) is 34.1 Å². The van der Waals surface area contributed by atoms with Crippen LogP contribution in [0.3, 0.4) is 0 Å². The summed E-state index contributed by atoms with van der Waals surface area (Å²) in [5.41, 5.74) is 2.27. The summed E-state index contributed by atoms with van der Waals surface area (Å²) in [5, 5.41) is -0.805. The lowest BCUT2D eigenvalue weighted by atomic mass is 9.94. The zero-order chi connectivity index (χ0) is 14.2. The molecule has 0 aromatic rings. The molecule has 104 valence electrons. The van der Waals surface area contributed by atoms with Crippen molar-refractivity contribution in [3.05, 3.63) is 47.6 Å². The number of hydrogen-bond donors (Lipinski definition) is 0. The maximum atomic E-state index is 12.9. The SMILES string of the molecule is CC1=CC=CC(S(=O)(=O)C2C=CC=C(C)C2C)C1C. The van der Waals surface area contributed by atoms with Gasteiger partial charge in [0.05, 0.1) is 10.5 Å². The molecule has 0 fully saturated rings. The zero-order valence-corrected chi connectivity index (χ0v) is 12.8. The van der Waals surface area contributed by atoms with E-state index in [1.165, 1.54) is 0 Å². The van der Waals surface area contributed by atoms with Gasteiger partial charge in [-0.2, -0.15) is 0 Å². The Bertz CT molecular complexity index is 530. The number of hydrogen-bond acceptors (Lipinski definition) is 2. The molecule has 0 bridgehead atoms. The predicted octanol–water partition coefficient (Wildman–Crippen LogP) is 3.44. The van der Waals surface area contributed by atoms with E-state index in [0.717, 1.165) is 11.1 Å². The molecule has 3 heteroatoms. The number of allylic oxidation sites excluding steroid dienone is 6. The van der Waals surface area contributed by atoms with Gasteiger partial charge < -0.3 is 0 Å². The van der Waals surface area contributed by atoms with Crippen molar-refractivity contribution >= 4 is 9.84 Å². The van der Waals surface area contributed by atoms with Crippen LogP contribution in [0.1, 0.15) is 27.7 Å². The Labute approximate surface area is 116 Å². The first-order chi connectivity index (χ1) is 8.85. The highest BCUT2D eigenvalue weighted by Crippen LogP contribution is 2.33. The molecule has 0 N–H and O–H groups in total. The molecule has 0 spiro atoms. The summed E-state index contributed by atoms with van der Waals surface area (Å²) < 4.78 is 25.8. The summed E-state index contributed by atoms with van der Waals surface area (Å²) in [4.78, 5) is 0. The second kappa shape index (κ2) is 5.12. The van der Waals surface area contributed by atoms with E-state index in [4.69, 9.17) is 0 Å². The zero-order valence-electron chi connectivity index (χ0n) is 12.0. The Morgan fingerprint density at radius 2 is 1.21 bits per heavy atom. The van der Waals surface area contributed by atoms with E-state index in [1.54, 1.807) is 0 Å². The number of sulfone groups is 1. The van der Waals surface area contributed by atoms with Crippen molar-refractivity contribution < 1.29 is 8.42 Å². The van der Waals surface area contributed by atoms with Gasteiger partial charge in [0.25, 0.3) is 0 Å². The Morgan fingerprint density at radius 3 is 1.58 bits per heavy atom. The van der Waals surface area contributed by atoms with E-state index in [-0.39, 0.29) is 11.8 Å². The van der Waals surface area contributed by atoms with Crippen molar-refractivity contribution in [1.29, 1.82) is 0 Å². The average Bonchev–Trinajstić information content (AvgIpc) is 2.35. The van der Waals surface area contributed by atoms with Crippen LogP contribution in [0.25, 0.3) is 0 Å². The molecule has 2 rings (SSSR count). The van der Waals surface area contributed by atoms with Crippen molar-refractivity contribution in [2.45, 2.75) is 38.2 Å². The fraction of sp³-hybridized carbons (Fsp3) is 0.500. The monoisotopic (exact) mass is 278 g/mol. The van der Waals surface area contributed by atoms with Crippen LogP contribution >= 0.6 is 0 Å². The van der Waals surface area contributed by atoms with Gasteiger partial charge in [-0.3, -0.25) is 0 Å². The van der Waals surface area contributed by atoms with Crippen LogP contribution < -0.4 is 0 Å². The molecule has 2 nitrogen and oxygen atoms in total. The van der Waals surface area contributed by atoms with E-state index in [9.17, 15) is 8.42 Å². The molecule has 4 atom stereocenters. The summed E-state index contributed by atoms with van der Waals surface area (Å²) in [7, 11) is -3.20. The van der Waals surface area contributed by atoms with Crippen molar-refractivity contribution in [2.75, 3.05) is 0 Å². The first-order valence-corrected chi connectivity index (χ1v) is 8.39. The van der Waals surface area contributed by atoms with Crippen LogP contribution in [0.15, 0.2) is 47.6 Å². The van der Waals surface area contributed by atoms with Crippen molar-refractivity contribution in [3.8, 4) is 0 Å². The highest BCUT2D eigenvalue weighted by Gasteiger charge is 2.39. The summed E-state index contributed by atoms with van der Waals surface area (Å²) >= 11 is 0. The van der Waals surface area contributed by atoms with Crippen molar-refractivity contribution in [1.82, 2.24) is 0 Å². The molecular weight excluding hydrogens is 256 g/mol. The minimum atomic E-state index is -3.20. The Kier molecular flexibility index (Phi) is 3.86. The van der Waals surface area contributed by atoms with E-state index in [2.05, 4.69) is 0 Å². The second-order valence-electron chi connectivity index (χ2n) is 5.69. The van der Waals surface area contributed by atoms with Gasteiger partial charge in [-0.15, -0.1) is 0 Å². The lowest BCUT2D eigenvalue weighted by Gasteiger charge is -2.31. The molecule has 0 amide bonds. The molecule has 2 aliphatic rings. The third-order valence-corrected chi connectivity index (χ3v) is 7.15. The normalized spacial score (nSPS) is 34.9. The Balaban J connectivity index is 2.34. The molecule has 0 heterocycles. The van der Waals surface area contributed by atoms with Crippen molar-refractivity contribution in [3.63, 3.8) is 0 Å². The number of rotatable bonds is 2. The molecule has 2 aliphatic carbocycles.